The van der Waals surface area contributed by atoms with Crippen molar-refractivity contribution >= 4 is 46.4 Å². The van der Waals surface area contributed by atoms with E-state index in [4.69, 9.17) is 23.2 Å². The third-order valence-corrected chi connectivity index (χ3v) is 4.31. The van der Waals surface area contributed by atoms with Crippen molar-refractivity contribution in [1.82, 2.24) is 0 Å². The lowest BCUT2D eigenvalue weighted by atomic mass is 10.1. The van der Waals surface area contributed by atoms with E-state index in [1.807, 2.05) is 0 Å². The van der Waals surface area contributed by atoms with Crippen LogP contribution in [0.3, 0.4) is 0 Å². The van der Waals surface area contributed by atoms with Crippen LogP contribution in [0.5, 0.6) is 0 Å². The van der Waals surface area contributed by atoms with Gasteiger partial charge in [-0.1, -0.05) is 23.2 Å². The van der Waals surface area contributed by atoms with Crippen LogP contribution in [0, 0.1) is 5.82 Å². The Kier molecular flexibility index (Phi) is 4.73. The first-order valence-corrected chi connectivity index (χ1v) is 8.07. The number of anilines is 2. The van der Waals surface area contributed by atoms with Gasteiger partial charge in [0.2, 0.25) is 5.91 Å². The SMILES string of the molecule is O=C(Nc1ccc(Cl)cc1F)c1ccc(Cl)c(N2CCCC2=O)c1. The van der Waals surface area contributed by atoms with Crippen molar-refractivity contribution < 1.29 is 14.0 Å². The molecule has 2 aromatic carbocycles. The lowest BCUT2D eigenvalue weighted by molar-refractivity contribution is -0.117. The van der Waals surface area contributed by atoms with Crippen LogP contribution >= 0.6 is 23.2 Å². The van der Waals surface area contributed by atoms with Gasteiger partial charge in [-0.2, -0.15) is 0 Å². The molecule has 1 aliphatic rings. The van der Waals surface area contributed by atoms with Crippen molar-refractivity contribution in [1.29, 1.82) is 0 Å². The number of hydrogen-bond donors (Lipinski definition) is 1. The highest BCUT2D eigenvalue weighted by Gasteiger charge is 2.24. The monoisotopic (exact) mass is 366 g/mol. The minimum atomic E-state index is -0.625. The zero-order valence-electron chi connectivity index (χ0n) is 12.5. The van der Waals surface area contributed by atoms with Crippen LogP contribution in [0.15, 0.2) is 36.4 Å². The number of hydrogen-bond acceptors (Lipinski definition) is 2. The van der Waals surface area contributed by atoms with E-state index in [1.54, 1.807) is 11.0 Å². The number of carbonyl (C=O) groups excluding carboxylic acids is 2. The predicted molar refractivity (Wildman–Crippen MR) is 92.4 cm³/mol. The summed E-state index contributed by atoms with van der Waals surface area (Å²) in [5.41, 5.74) is 0.796. The molecule has 0 radical (unpaired) electrons. The summed E-state index contributed by atoms with van der Waals surface area (Å²) in [5.74, 6) is -1.15. The van der Waals surface area contributed by atoms with Crippen LogP contribution in [0.25, 0.3) is 0 Å². The van der Waals surface area contributed by atoms with Crippen molar-refractivity contribution in [2.24, 2.45) is 0 Å². The minimum absolute atomic E-state index is 0.0261. The number of rotatable bonds is 3. The van der Waals surface area contributed by atoms with Crippen LogP contribution in [-0.4, -0.2) is 18.4 Å². The van der Waals surface area contributed by atoms with Gasteiger partial charge in [0, 0.05) is 23.6 Å². The zero-order chi connectivity index (χ0) is 17.3. The Hall–Kier alpha value is -2.11. The summed E-state index contributed by atoms with van der Waals surface area (Å²) < 4.78 is 13.8. The average Bonchev–Trinajstić information content (AvgIpc) is 2.96. The summed E-state index contributed by atoms with van der Waals surface area (Å²) >= 11 is 11.8. The van der Waals surface area contributed by atoms with Crippen molar-refractivity contribution in [3.05, 3.63) is 57.8 Å². The number of halogens is 3. The van der Waals surface area contributed by atoms with Crippen LogP contribution in [0.4, 0.5) is 15.8 Å². The third kappa shape index (κ3) is 3.37. The van der Waals surface area contributed by atoms with E-state index in [0.29, 0.717) is 23.7 Å². The topological polar surface area (TPSA) is 49.4 Å². The number of benzene rings is 2. The quantitative estimate of drug-likeness (QED) is 0.868. The Morgan fingerprint density at radius 1 is 1.17 bits per heavy atom. The van der Waals surface area contributed by atoms with Gasteiger partial charge in [0.25, 0.3) is 5.91 Å². The molecular formula is C17H13Cl2FN2O2. The molecule has 2 aromatic rings. The first-order valence-electron chi connectivity index (χ1n) is 7.32. The van der Waals surface area contributed by atoms with Crippen LogP contribution in [-0.2, 0) is 4.79 Å². The van der Waals surface area contributed by atoms with Gasteiger partial charge < -0.3 is 10.2 Å². The molecule has 1 aliphatic heterocycles. The number of nitrogens with zero attached hydrogens (tertiary/aromatic N) is 1. The predicted octanol–water partition coefficient (Wildman–Crippen LogP) is 4.51. The number of amides is 2. The van der Waals surface area contributed by atoms with Crippen molar-refractivity contribution in [2.45, 2.75) is 12.8 Å². The first kappa shape index (κ1) is 16.7. The molecule has 24 heavy (non-hydrogen) atoms. The van der Waals surface area contributed by atoms with Gasteiger partial charge in [0.15, 0.2) is 0 Å². The second-order valence-electron chi connectivity index (χ2n) is 5.39. The van der Waals surface area contributed by atoms with Gasteiger partial charge in [-0.3, -0.25) is 9.59 Å². The second-order valence-corrected chi connectivity index (χ2v) is 6.24. The van der Waals surface area contributed by atoms with E-state index >= 15 is 0 Å². The van der Waals surface area contributed by atoms with Crippen LogP contribution in [0.1, 0.15) is 23.2 Å². The second kappa shape index (κ2) is 6.79. The normalized spacial score (nSPS) is 14.1. The molecule has 3 rings (SSSR count). The lowest BCUT2D eigenvalue weighted by Crippen LogP contribution is -2.24. The lowest BCUT2D eigenvalue weighted by Gasteiger charge is -2.18. The molecule has 1 saturated heterocycles. The smallest absolute Gasteiger partial charge is 0.255 e. The summed E-state index contributed by atoms with van der Waals surface area (Å²) in [6, 6.07) is 8.60. The van der Waals surface area contributed by atoms with E-state index in [9.17, 15) is 14.0 Å². The Labute approximate surface area is 148 Å². The summed E-state index contributed by atoms with van der Waals surface area (Å²) in [6.45, 7) is 0.565. The molecular weight excluding hydrogens is 354 g/mol. The largest absolute Gasteiger partial charge is 0.319 e. The summed E-state index contributed by atoms with van der Waals surface area (Å²) in [4.78, 5) is 25.8. The maximum atomic E-state index is 13.8. The molecule has 0 aromatic heterocycles. The van der Waals surface area contributed by atoms with E-state index in [0.717, 1.165) is 12.5 Å². The van der Waals surface area contributed by atoms with Gasteiger partial charge in [-0.05, 0) is 42.8 Å². The molecule has 0 spiro atoms. The fourth-order valence-corrected chi connectivity index (χ4v) is 2.93. The number of carbonyl (C=O) groups is 2. The minimum Gasteiger partial charge on any atom is -0.319 e. The van der Waals surface area contributed by atoms with E-state index in [-0.39, 0.29) is 22.2 Å². The van der Waals surface area contributed by atoms with Crippen molar-refractivity contribution in [3.8, 4) is 0 Å². The van der Waals surface area contributed by atoms with Crippen molar-refractivity contribution in [3.63, 3.8) is 0 Å². The zero-order valence-corrected chi connectivity index (χ0v) is 14.0. The number of nitrogens with one attached hydrogen (secondary N) is 1. The van der Waals surface area contributed by atoms with Crippen molar-refractivity contribution in [2.75, 3.05) is 16.8 Å². The van der Waals surface area contributed by atoms with Gasteiger partial charge in [-0.15, -0.1) is 0 Å². The highest BCUT2D eigenvalue weighted by atomic mass is 35.5. The maximum Gasteiger partial charge on any atom is 0.255 e. The summed E-state index contributed by atoms with van der Waals surface area (Å²) in [7, 11) is 0. The molecule has 0 aliphatic carbocycles. The molecule has 124 valence electrons. The molecule has 0 saturated carbocycles. The molecule has 2 amide bonds. The Balaban J connectivity index is 1.86. The van der Waals surface area contributed by atoms with Crippen LogP contribution in [0.2, 0.25) is 10.0 Å². The first-order chi connectivity index (χ1) is 11.5. The molecule has 4 nitrogen and oxygen atoms in total. The van der Waals surface area contributed by atoms with E-state index in [2.05, 4.69) is 5.32 Å². The van der Waals surface area contributed by atoms with E-state index in [1.165, 1.54) is 24.3 Å². The standard InChI is InChI=1S/C17H13Cl2FN2O2/c18-11-4-6-14(13(20)9-11)21-17(24)10-3-5-12(19)15(8-10)22-7-1-2-16(22)23/h3-6,8-9H,1-2,7H2,(H,21,24). The van der Waals surface area contributed by atoms with Gasteiger partial charge >= 0.3 is 0 Å². The fraction of sp³-hybridized carbons (Fsp3) is 0.176. The molecule has 0 atom stereocenters. The molecule has 1 N–H and O–H groups in total. The molecule has 1 heterocycles. The van der Waals surface area contributed by atoms with E-state index < -0.39 is 11.7 Å². The van der Waals surface area contributed by atoms with Gasteiger partial charge in [0.1, 0.15) is 5.82 Å². The summed E-state index contributed by atoms with van der Waals surface area (Å²) in [5, 5.41) is 3.11. The molecule has 1 fully saturated rings. The Bertz CT molecular complexity index is 826. The average molecular weight is 367 g/mol. The highest BCUT2D eigenvalue weighted by Crippen LogP contribution is 2.30. The fourth-order valence-electron chi connectivity index (χ4n) is 2.55. The molecule has 0 unspecified atom stereocenters. The maximum absolute atomic E-state index is 13.8. The Morgan fingerprint density at radius 2 is 1.96 bits per heavy atom. The van der Waals surface area contributed by atoms with Gasteiger partial charge in [0.05, 0.1) is 16.4 Å². The van der Waals surface area contributed by atoms with Gasteiger partial charge in [-0.25, -0.2) is 4.39 Å². The molecule has 0 bridgehead atoms. The summed E-state index contributed by atoms with van der Waals surface area (Å²) in [6.07, 6.45) is 1.21. The van der Waals surface area contributed by atoms with Crippen LogP contribution < -0.4 is 10.2 Å². The Morgan fingerprint density at radius 3 is 2.62 bits per heavy atom. The third-order valence-electron chi connectivity index (χ3n) is 3.75. The molecule has 7 heteroatoms. The highest BCUT2D eigenvalue weighted by molar-refractivity contribution is 6.34.